The van der Waals surface area contributed by atoms with Gasteiger partial charge in [0.15, 0.2) is 0 Å². The molecule has 3 atom stereocenters. The van der Waals surface area contributed by atoms with Gasteiger partial charge >= 0.3 is 6.03 Å². The average Bonchev–Trinajstić information content (AvgIpc) is 2.90. The lowest BCUT2D eigenvalue weighted by molar-refractivity contribution is -0.0264. The zero-order valence-electron chi connectivity index (χ0n) is 8.95. The number of ether oxygens (including phenoxy) is 1. The van der Waals surface area contributed by atoms with Crippen molar-refractivity contribution in [1.82, 2.24) is 10.2 Å². The summed E-state index contributed by atoms with van der Waals surface area (Å²) in [6.45, 7) is 2.04. The van der Waals surface area contributed by atoms with Gasteiger partial charge in [0, 0.05) is 13.1 Å². The van der Waals surface area contributed by atoms with Crippen LogP contribution in [-0.2, 0) is 4.74 Å². The van der Waals surface area contributed by atoms with Crippen LogP contribution in [-0.4, -0.2) is 36.9 Å². The maximum atomic E-state index is 11.3. The Morgan fingerprint density at radius 1 is 1.40 bits per heavy atom. The molecule has 1 aliphatic heterocycles. The van der Waals surface area contributed by atoms with E-state index in [9.17, 15) is 4.79 Å². The molecule has 4 heteroatoms. The molecule has 3 rings (SSSR count). The molecular weight excluding hydrogens is 192 g/mol. The van der Waals surface area contributed by atoms with Crippen molar-refractivity contribution >= 4 is 6.03 Å². The largest absolute Gasteiger partial charge is 0.357 e. The molecule has 0 aromatic heterocycles. The van der Waals surface area contributed by atoms with Gasteiger partial charge in [0.05, 0.1) is 6.10 Å². The summed E-state index contributed by atoms with van der Waals surface area (Å²) in [6.07, 6.45) is 5.74. The van der Waals surface area contributed by atoms with Crippen molar-refractivity contribution in [3.8, 4) is 0 Å². The number of urea groups is 1. The quantitative estimate of drug-likeness (QED) is 0.760. The molecule has 0 radical (unpaired) electrons. The van der Waals surface area contributed by atoms with Crippen molar-refractivity contribution in [3.05, 3.63) is 0 Å². The summed E-state index contributed by atoms with van der Waals surface area (Å²) >= 11 is 0. The first-order valence-corrected chi connectivity index (χ1v) is 5.97. The summed E-state index contributed by atoms with van der Waals surface area (Å²) in [6, 6.07) is 0.0261. The van der Waals surface area contributed by atoms with Gasteiger partial charge in [-0.25, -0.2) is 4.79 Å². The zero-order valence-corrected chi connectivity index (χ0v) is 8.95. The molecule has 3 aliphatic rings. The van der Waals surface area contributed by atoms with Gasteiger partial charge in [0.2, 0.25) is 0 Å². The van der Waals surface area contributed by atoms with Crippen molar-refractivity contribution in [2.45, 2.75) is 31.8 Å². The standard InChI is InChI=1S/C11H18N2O2/c14-11-12-3-4-13(11)7-15-10-6-8-1-2-9(10)5-8/h8-10H,1-7H2,(H,12,14). The SMILES string of the molecule is O=C1NCCN1COC1CC2CCC1C2. The number of carbonyl (C=O) groups excluding carboxylic acids is 1. The fourth-order valence-corrected chi connectivity index (χ4v) is 3.21. The molecule has 0 aromatic carbocycles. The summed E-state index contributed by atoms with van der Waals surface area (Å²) in [7, 11) is 0. The molecule has 1 saturated heterocycles. The Labute approximate surface area is 90.0 Å². The first-order chi connectivity index (χ1) is 7.33. The van der Waals surface area contributed by atoms with Crippen LogP contribution in [0.4, 0.5) is 4.79 Å². The van der Waals surface area contributed by atoms with Crippen molar-refractivity contribution in [1.29, 1.82) is 0 Å². The van der Waals surface area contributed by atoms with Crippen LogP contribution in [0.2, 0.25) is 0 Å². The molecule has 2 aliphatic carbocycles. The number of fused-ring (bicyclic) bond motifs is 2. The number of nitrogens with one attached hydrogen (secondary N) is 1. The van der Waals surface area contributed by atoms with Crippen LogP contribution in [0.15, 0.2) is 0 Å². The second kappa shape index (κ2) is 3.67. The van der Waals surface area contributed by atoms with Crippen LogP contribution in [0.3, 0.4) is 0 Å². The van der Waals surface area contributed by atoms with Crippen molar-refractivity contribution in [2.24, 2.45) is 11.8 Å². The lowest BCUT2D eigenvalue weighted by atomic mass is 9.98. The van der Waals surface area contributed by atoms with Gasteiger partial charge in [0.1, 0.15) is 6.73 Å². The lowest BCUT2D eigenvalue weighted by Gasteiger charge is -2.24. The van der Waals surface area contributed by atoms with Gasteiger partial charge in [-0.05, 0) is 37.5 Å². The number of nitrogens with zero attached hydrogens (tertiary/aromatic N) is 1. The minimum atomic E-state index is 0.0261. The molecule has 2 bridgehead atoms. The topological polar surface area (TPSA) is 41.6 Å². The Hall–Kier alpha value is -0.770. The molecule has 4 nitrogen and oxygen atoms in total. The number of amides is 2. The molecule has 0 spiro atoms. The fourth-order valence-electron chi connectivity index (χ4n) is 3.21. The first kappa shape index (κ1) is 9.46. The van der Waals surface area contributed by atoms with Crippen LogP contribution < -0.4 is 5.32 Å². The van der Waals surface area contributed by atoms with E-state index in [4.69, 9.17) is 4.74 Å². The van der Waals surface area contributed by atoms with Gasteiger partial charge < -0.3 is 10.1 Å². The van der Waals surface area contributed by atoms with Crippen LogP contribution in [0, 0.1) is 11.8 Å². The van der Waals surface area contributed by atoms with E-state index in [0.29, 0.717) is 12.8 Å². The lowest BCUT2D eigenvalue weighted by Crippen LogP contribution is -2.33. The van der Waals surface area contributed by atoms with Crippen molar-refractivity contribution in [3.63, 3.8) is 0 Å². The molecule has 15 heavy (non-hydrogen) atoms. The third-order valence-electron chi connectivity index (χ3n) is 4.06. The third-order valence-corrected chi connectivity index (χ3v) is 4.06. The highest BCUT2D eigenvalue weighted by atomic mass is 16.5. The molecule has 2 amide bonds. The third kappa shape index (κ3) is 1.71. The van der Waals surface area contributed by atoms with Crippen LogP contribution in [0.5, 0.6) is 0 Å². The average molecular weight is 210 g/mol. The molecule has 1 N–H and O–H groups in total. The van der Waals surface area contributed by atoms with E-state index in [1.165, 1.54) is 25.7 Å². The number of hydrogen-bond donors (Lipinski definition) is 1. The Balaban J connectivity index is 1.48. The zero-order chi connectivity index (χ0) is 10.3. The fraction of sp³-hybridized carbons (Fsp3) is 0.909. The number of rotatable bonds is 3. The maximum Gasteiger partial charge on any atom is 0.319 e. The number of hydrogen-bond acceptors (Lipinski definition) is 2. The predicted molar refractivity (Wildman–Crippen MR) is 55.3 cm³/mol. The van der Waals surface area contributed by atoms with Crippen molar-refractivity contribution < 1.29 is 9.53 Å². The summed E-state index contributed by atoms with van der Waals surface area (Å²) in [4.78, 5) is 13.0. The summed E-state index contributed by atoms with van der Waals surface area (Å²) in [5.41, 5.74) is 0. The molecule has 84 valence electrons. The molecule has 1 heterocycles. The highest BCUT2D eigenvalue weighted by Crippen LogP contribution is 2.45. The van der Waals surface area contributed by atoms with E-state index >= 15 is 0 Å². The van der Waals surface area contributed by atoms with Gasteiger partial charge in [-0.2, -0.15) is 0 Å². The Morgan fingerprint density at radius 2 is 2.33 bits per heavy atom. The van der Waals surface area contributed by atoms with E-state index in [2.05, 4.69) is 5.32 Å². The Kier molecular flexibility index (Phi) is 2.31. The summed E-state index contributed by atoms with van der Waals surface area (Å²) < 4.78 is 5.86. The minimum absolute atomic E-state index is 0.0261. The normalized spacial score (nSPS) is 38.8. The summed E-state index contributed by atoms with van der Waals surface area (Å²) in [5, 5.41) is 2.79. The van der Waals surface area contributed by atoms with Gasteiger partial charge in [-0.15, -0.1) is 0 Å². The Morgan fingerprint density at radius 3 is 2.93 bits per heavy atom. The van der Waals surface area contributed by atoms with E-state index in [1.54, 1.807) is 4.90 Å². The maximum absolute atomic E-state index is 11.3. The monoisotopic (exact) mass is 210 g/mol. The molecule has 0 aromatic rings. The second-order valence-electron chi connectivity index (χ2n) is 5.00. The smallest absolute Gasteiger partial charge is 0.319 e. The highest BCUT2D eigenvalue weighted by Gasteiger charge is 2.40. The van der Waals surface area contributed by atoms with Gasteiger partial charge in [-0.3, -0.25) is 4.90 Å². The van der Waals surface area contributed by atoms with Crippen LogP contribution in [0.25, 0.3) is 0 Å². The first-order valence-electron chi connectivity index (χ1n) is 5.97. The highest BCUT2D eigenvalue weighted by molar-refractivity contribution is 5.75. The number of carbonyl (C=O) groups is 1. The van der Waals surface area contributed by atoms with Gasteiger partial charge in [0.25, 0.3) is 0 Å². The summed E-state index contributed by atoms with van der Waals surface area (Å²) in [5.74, 6) is 1.69. The molecule has 2 saturated carbocycles. The molecule has 3 fully saturated rings. The van der Waals surface area contributed by atoms with E-state index in [1.807, 2.05) is 0 Å². The van der Waals surface area contributed by atoms with Gasteiger partial charge in [-0.1, -0.05) is 0 Å². The van der Waals surface area contributed by atoms with E-state index < -0.39 is 0 Å². The van der Waals surface area contributed by atoms with Crippen LogP contribution >= 0.6 is 0 Å². The van der Waals surface area contributed by atoms with Crippen molar-refractivity contribution in [2.75, 3.05) is 19.8 Å². The molecule has 3 unspecified atom stereocenters. The minimum Gasteiger partial charge on any atom is -0.357 e. The second-order valence-corrected chi connectivity index (χ2v) is 5.00. The van der Waals surface area contributed by atoms with E-state index in [0.717, 1.165) is 24.9 Å². The molecular formula is C11H18N2O2. The predicted octanol–water partition coefficient (Wildman–Crippen LogP) is 1.17. The Bertz CT molecular complexity index is 269. The van der Waals surface area contributed by atoms with E-state index in [-0.39, 0.29) is 6.03 Å². The van der Waals surface area contributed by atoms with Crippen LogP contribution in [0.1, 0.15) is 25.7 Å².